The molecule has 0 radical (unpaired) electrons. The molecule has 1 aromatic carbocycles. The van der Waals surface area contributed by atoms with E-state index in [0.29, 0.717) is 6.42 Å². The lowest BCUT2D eigenvalue weighted by atomic mass is 10.1. The van der Waals surface area contributed by atoms with Gasteiger partial charge in [-0.05, 0) is 23.8 Å². The van der Waals surface area contributed by atoms with Crippen LogP contribution in [0.25, 0.3) is 11.0 Å². The van der Waals surface area contributed by atoms with Crippen molar-refractivity contribution in [1.29, 1.82) is 0 Å². The smallest absolute Gasteiger partial charge is 0.115 e. The minimum atomic E-state index is 0.278. The maximum Gasteiger partial charge on any atom is 0.115 e. The van der Waals surface area contributed by atoms with Crippen LogP contribution in [0.2, 0.25) is 0 Å². The molecule has 0 fully saturated rings. The van der Waals surface area contributed by atoms with Gasteiger partial charge in [0.05, 0.1) is 17.2 Å². The van der Waals surface area contributed by atoms with Crippen molar-refractivity contribution in [3.05, 3.63) is 54.1 Å². The molecule has 3 aromatic rings. The van der Waals surface area contributed by atoms with Crippen molar-refractivity contribution in [3.8, 4) is 5.75 Å². The third-order valence-corrected chi connectivity index (χ3v) is 2.61. The van der Waals surface area contributed by atoms with Crippen LogP contribution in [0.5, 0.6) is 5.75 Å². The van der Waals surface area contributed by atoms with Gasteiger partial charge < -0.3 is 10.1 Å². The number of hydrogen-bond acceptors (Lipinski definition) is 3. The van der Waals surface area contributed by atoms with Gasteiger partial charge in [0.15, 0.2) is 0 Å². The first-order valence-corrected chi connectivity index (χ1v) is 5.38. The molecule has 17 heavy (non-hydrogen) atoms. The highest BCUT2D eigenvalue weighted by Gasteiger charge is 2.03. The summed E-state index contributed by atoms with van der Waals surface area (Å²) in [6.07, 6.45) is 4.15. The molecule has 0 spiro atoms. The molecule has 0 aliphatic rings. The van der Waals surface area contributed by atoms with E-state index in [1.807, 2.05) is 18.2 Å². The number of fused-ring (bicyclic) bond motifs is 1. The largest absolute Gasteiger partial charge is 0.508 e. The van der Waals surface area contributed by atoms with E-state index in [9.17, 15) is 5.11 Å². The summed E-state index contributed by atoms with van der Waals surface area (Å²) in [5, 5.41) is 9.39. The molecule has 3 rings (SSSR count). The minimum absolute atomic E-state index is 0.278. The number of phenols is 1. The van der Waals surface area contributed by atoms with Crippen LogP contribution in [0.15, 0.2) is 42.7 Å². The van der Waals surface area contributed by atoms with E-state index < -0.39 is 0 Å². The van der Waals surface area contributed by atoms with Gasteiger partial charge in [-0.15, -0.1) is 0 Å². The third kappa shape index (κ3) is 1.97. The summed E-state index contributed by atoms with van der Waals surface area (Å²) in [4.78, 5) is 11.7. The summed E-state index contributed by atoms with van der Waals surface area (Å²) in [5.41, 5.74) is 2.87. The second-order valence-corrected chi connectivity index (χ2v) is 3.92. The van der Waals surface area contributed by atoms with Crippen molar-refractivity contribution in [2.75, 3.05) is 0 Å². The van der Waals surface area contributed by atoms with Crippen LogP contribution >= 0.6 is 0 Å². The maximum atomic E-state index is 9.39. The Hall–Kier alpha value is -2.36. The zero-order valence-electron chi connectivity index (χ0n) is 9.09. The van der Waals surface area contributed by atoms with Crippen molar-refractivity contribution < 1.29 is 5.11 Å². The SMILES string of the molecule is Oc1cccc(Cc2nc3ccncc3[nH]2)c1. The van der Waals surface area contributed by atoms with Crippen molar-refractivity contribution in [2.24, 2.45) is 0 Å². The number of benzene rings is 1. The van der Waals surface area contributed by atoms with Crippen LogP contribution in [0.1, 0.15) is 11.4 Å². The second kappa shape index (κ2) is 3.90. The Morgan fingerprint density at radius 3 is 3.00 bits per heavy atom. The average molecular weight is 225 g/mol. The zero-order chi connectivity index (χ0) is 11.7. The Bertz CT molecular complexity index is 627. The molecular weight excluding hydrogens is 214 g/mol. The van der Waals surface area contributed by atoms with Crippen LogP contribution in [0, 0.1) is 0 Å². The first kappa shape index (κ1) is 9.84. The predicted molar refractivity (Wildman–Crippen MR) is 64.8 cm³/mol. The van der Waals surface area contributed by atoms with Crippen LogP contribution in [0.3, 0.4) is 0 Å². The molecule has 0 atom stereocenters. The van der Waals surface area contributed by atoms with Gasteiger partial charge in [-0.2, -0.15) is 0 Å². The molecule has 0 saturated heterocycles. The van der Waals surface area contributed by atoms with Crippen molar-refractivity contribution in [2.45, 2.75) is 6.42 Å². The molecule has 0 bridgehead atoms. The van der Waals surface area contributed by atoms with Crippen LogP contribution in [-0.4, -0.2) is 20.1 Å². The number of phenolic OH excluding ortho intramolecular Hbond substituents is 1. The van der Waals surface area contributed by atoms with Crippen LogP contribution in [0.4, 0.5) is 0 Å². The third-order valence-electron chi connectivity index (χ3n) is 2.61. The Labute approximate surface area is 98.0 Å². The van der Waals surface area contributed by atoms with Crippen LogP contribution in [-0.2, 0) is 6.42 Å². The van der Waals surface area contributed by atoms with E-state index in [0.717, 1.165) is 22.4 Å². The summed E-state index contributed by atoms with van der Waals surface area (Å²) in [6.45, 7) is 0. The highest BCUT2D eigenvalue weighted by atomic mass is 16.3. The molecule has 0 amide bonds. The van der Waals surface area contributed by atoms with Gasteiger partial charge in [-0.25, -0.2) is 4.98 Å². The van der Waals surface area contributed by atoms with Crippen molar-refractivity contribution >= 4 is 11.0 Å². The quantitative estimate of drug-likeness (QED) is 0.703. The number of hydrogen-bond donors (Lipinski definition) is 2. The summed E-state index contributed by atoms with van der Waals surface area (Å²) in [7, 11) is 0. The fourth-order valence-electron chi connectivity index (χ4n) is 1.85. The van der Waals surface area contributed by atoms with E-state index in [-0.39, 0.29) is 5.75 Å². The zero-order valence-corrected chi connectivity index (χ0v) is 9.09. The molecular formula is C13H11N3O. The van der Waals surface area contributed by atoms with E-state index in [4.69, 9.17) is 0 Å². The molecule has 0 saturated carbocycles. The molecule has 2 aromatic heterocycles. The number of imidazole rings is 1. The molecule has 4 nitrogen and oxygen atoms in total. The number of pyridine rings is 1. The Morgan fingerprint density at radius 2 is 2.18 bits per heavy atom. The van der Waals surface area contributed by atoms with E-state index in [2.05, 4.69) is 15.0 Å². The van der Waals surface area contributed by atoms with Crippen molar-refractivity contribution in [3.63, 3.8) is 0 Å². The predicted octanol–water partition coefficient (Wildman–Crippen LogP) is 2.25. The first-order chi connectivity index (χ1) is 8.31. The Morgan fingerprint density at radius 1 is 1.24 bits per heavy atom. The standard InChI is InChI=1S/C13H11N3O/c17-10-3-1-2-9(6-10)7-13-15-11-4-5-14-8-12(11)16-13/h1-6,8,17H,7H2,(H,15,16). The van der Waals surface area contributed by atoms with Crippen molar-refractivity contribution in [1.82, 2.24) is 15.0 Å². The fraction of sp³-hybridized carbons (Fsp3) is 0.0769. The van der Waals surface area contributed by atoms with Gasteiger partial charge in [-0.3, -0.25) is 4.98 Å². The number of rotatable bonds is 2. The lowest BCUT2D eigenvalue weighted by Gasteiger charge is -1.98. The highest BCUT2D eigenvalue weighted by Crippen LogP contribution is 2.15. The number of aromatic amines is 1. The number of aromatic nitrogens is 3. The minimum Gasteiger partial charge on any atom is -0.508 e. The van der Waals surface area contributed by atoms with E-state index >= 15 is 0 Å². The van der Waals surface area contributed by atoms with Gasteiger partial charge >= 0.3 is 0 Å². The van der Waals surface area contributed by atoms with E-state index in [1.54, 1.807) is 24.5 Å². The number of nitrogens with one attached hydrogen (secondary N) is 1. The van der Waals surface area contributed by atoms with Crippen LogP contribution < -0.4 is 0 Å². The van der Waals surface area contributed by atoms with Gasteiger partial charge in [0.25, 0.3) is 0 Å². The number of aromatic hydroxyl groups is 1. The van der Waals surface area contributed by atoms with Gasteiger partial charge in [-0.1, -0.05) is 12.1 Å². The summed E-state index contributed by atoms with van der Waals surface area (Å²) in [5.74, 6) is 1.15. The monoisotopic (exact) mass is 225 g/mol. The van der Waals surface area contributed by atoms with E-state index in [1.165, 1.54) is 0 Å². The lowest BCUT2D eigenvalue weighted by Crippen LogP contribution is -1.89. The molecule has 4 heteroatoms. The van der Waals surface area contributed by atoms with Gasteiger partial charge in [0, 0.05) is 12.6 Å². The second-order valence-electron chi connectivity index (χ2n) is 3.92. The first-order valence-electron chi connectivity index (χ1n) is 5.38. The summed E-state index contributed by atoms with van der Waals surface area (Å²) in [6, 6.07) is 9.06. The number of nitrogens with zero attached hydrogens (tertiary/aromatic N) is 2. The average Bonchev–Trinajstić information content (AvgIpc) is 2.71. The molecule has 2 heterocycles. The van der Waals surface area contributed by atoms with Gasteiger partial charge in [0.2, 0.25) is 0 Å². The molecule has 2 N–H and O–H groups in total. The summed E-state index contributed by atoms with van der Waals surface area (Å²) < 4.78 is 0. The molecule has 0 unspecified atom stereocenters. The topological polar surface area (TPSA) is 61.8 Å². The Kier molecular flexibility index (Phi) is 2.26. The normalized spacial score (nSPS) is 10.8. The molecule has 0 aliphatic heterocycles. The fourth-order valence-corrected chi connectivity index (χ4v) is 1.85. The molecule has 0 aliphatic carbocycles. The Balaban J connectivity index is 1.94. The molecule has 84 valence electrons. The maximum absolute atomic E-state index is 9.39. The summed E-state index contributed by atoms with van der Waals surface area (Å²) >= 11 is 0. The van der Waals surface area contributed by atoms with Gasteiger partial charge in [0.1, 0.15) is 11.6 Å². The lowest BCUT2D eigenvalue weighted by molar-refractivity contribution is 0.474. The highest BCUT2D eigenvalue weighted by molar-refractivity contribution is 5.73. The number of H-pyrrole nitrogens is 1.